The molecule has 1 unspecified atom stereocenters. The molecule has 0 aliphatic carbocycles. The van der Waals surface area contributed by atoms with Gasteiger partial charge in [0.15, 0.2) is 5.76 Å². The second-order valence-electron chi connectivity index (χ2n) is 9.09. The molecule has 1 aliphatic rings. The third-order valence-corrected chi connectivity index (χ3v) is 5.86. The summed E-state index contributed by atoms with van der Waals surface area (Å²) in [6.45, 7) is 10.3. The largest absolute Gasteiger partial charge is 0.459 e. The summed E-state index contributed by atoms with van der Waals surface area (Å²) < 4.78 is 5.26. The highest BCUT2D eigenvalue weighted by molar-refractivity contribution is 5.93. The summed E-state index contributed by atoms with van der Waals surface area (Å²) >= 11 is 0. The maximum absolute atomic E-state index is 12.5. The van der Waals surface area contributed by atoms with Crippen molar-refractivity contribution in [2.75, 3.05) is 19.6 Å². The van der Waals surface area contributed by atoms with Crippen LogP contribution < -0.4 is 10.6 Å². The highest BCUT2D eigenvalue weighted by atomic mass is 16.3. The predicted molar refractivity (Wildman–Crippen MR) is 122 cm³/mol. The number of nitrogens with one attached hydrogen (secondary N) is 2. The molecule has 6 heteroatoms. The Morgan fingerprint density at radius 3 is 2.35 bits per heavy atom. The second-order valence-corrected chi connectivity index (χ2v) is 9.09. The van der Waals surface area contributed by atoms with Gasteiger partial charge in [-0.2, -0.15) is 0 Å². The van der Waals surface area contributed by atoms with Gasteiger partial charge in [-0.1, -0.05) is 38.1 Å². The second kappa shape index (κ2) is 10.6. The lowest BCUT2D eigenvalue weighted by atomic mass is 10.00. The number of hydrogen-bond donors (Lipinski definition) is 2. The minimum Gasteiger partial charge on any atom is -0.459 e. The van der Waals surface area contributed by atoms with Crippen molar-refractivity contribution < 1.29 is 14.0 Å². The van der Waals surface area contributed by atoms with Crippen LogP contribution in [0.25, 0.3) is 0 Å². The highest BCUT2D eigenvalue weighted by Gasteiger charge is 2.24. The zero-order valence-corrected chi connectivity index (χ0v) is 19.1. The van der Waals surface area contributed by atoms with Gasteiger partial charge >= 0.3 is 0 Å². The summed E-state index contributed by atoms with van der Waals surface area (Å²) in [6, 6.07) is 10.4. The smallest absolute Gasteiger partial charge is 0.287 e. The van der Waals surface area contributed by atoms with Gasteiger partial charge in [-0.05, 0) is 56.2 Å². The lowest BCUT2D eigenvalue weighted by Gasteiger charge is -2.32. The molecule has 6 nitrogen and oxygen atoms in total. The van der Waals surface area contributed by atoms with E-state index in [9.17, 15) is 9.59 Å². The molecule has 0 bridgehead atoms. The summed E-state index contributed by atoms with van der Waals surface area (Å²) in [7, 11) is 0. The molecule has 2 aromatic rings. The van der Waals surface area contributed by atoms with Gasteiger partial charge in [-0.25, -0.2) is 0 Å². The average Bonchev–Trinajstić information content (AvgIpc) is 3.15. The van der Waals surface area contributed by atoms with Crippen LogP contribution in [0, 0.1) is 12.8 Å². The van der Waals surface area contributed by atoms with Crippen LogP contribution in [-0.4, -0.2) is 42.4 Å². The van der Waals surface area contributed by atoms with Crippen LogP contribution in [0.1, 0.15) is 66.9 Å². The van der Waals surface area contributed by atoms with Crippen LogP contribution in [0.4, 0.5) is 0 Å². The number of likely N-dealkylation sites (tertiary alicyclic amines) is 1. The van der Waals surface area contributed by atoms with Crippen LogP contribution in [0.5, 0.6) is 0 Å². The first-order chi connectivity index (χ1) is 14.8. The molecule has 2 heterocycles. The summed E-state index contributed by atoms with van der Waals surface area (Å²) in [5.41, 5.74) is 3.29. The molecule has 3 rings (SSSR count). The van der Waals surface area contributed by atoms with E-state index in [0.29, 0.717) is 18.2 Å². The van der Waals surface area contributed by atoms with Crippen LogP contribution in [0.3, 0.4) is 0 Å². The Hall–Kier alpha value is -2.60. The van der Waals surface area contributed by atoms with Gasteiger partial charge < -0.3 is 15.1 Å². The molecule has 31 heavy (non-hydrogen) atoms. The number of rotatable bonds is 8. The molecule has 0 saturated carbocycles. The number of carbonyl (C=O) groups excluding carboxylic acids is 2. The molecule has 0 spiro atoms. The number of piperidine rings is 1. The van der Waals surface area contributed by atoms with E-state index >= 15 is 0 Å². The molecule has 1 atom stereocenters. The van der Waals surface area contributed by atoms with Crippen molar-refractivity contribution in [2.24, 2.45) is 5.92 Å². The number of carbonyl (C=O) groups is 2. The average molecular weight is 426 g/mol. The molecule has 1 fully saturated rings. The van der Waals surface area contributed by atoms with E-state index in [1.807, 2.05) is 13.8 Å². The molecular weight excluding hydrogens is 390 g/mol. The molecule has 1 aliphatic heterocycles. The fraction of sp³-hybridized carbons (Fsp3) is 0.520. The quantitative estimate of drug-likeness (QED) is 0.674. The molecule has 1 saturated heterocycles. The number of amides is 2. The van der Waals surface area contributed by atoms with Gasteiger partial charge in [-0.3, -0.25) is 14.5 Å². The van der Waals surface area contributed by atoms with Crippen molar-refractivity contribution in [2.45, 2.75) is 59.0 Å². The van der Waals surface area contributed by atoms with Crippen molar-refractivity contribution in [1.29, 1.82) is 0 Å². The zero-order chi connectivity index (χ0) is 22.4. The Bertz CT molecular complexity index is 864. The number of furan rings is 1. The lowest BCUT2D eigenvalue weighted by molar-refractivity contribution is -0.123. The van der Waals surface area contributed by atoms with Crippen LogP contribution in [-0.2, 0) is 11.2 Å². The summed E-state index contributed by atoms with van der Waals surface area (Å²) in [5, 5.41) is 6.16. The molecule has 2 N–H and O–H groups in total. The molecule has 2 amide bonds. The molecule has 1 aromatic heterocycles. The maximum Gasteiger partial charge on any atom is 0.287 e. The summed E-state index contributed by atoms with van der Waals surface area (Å²) in [6.07, 6.45) is 4.25. The Kier molecular flexibility index (Phi) is 7.91. The van der Waals surface area contributed by atoms with E-state index < -0.39 is 0 Å². The van der Waals surface area contributed by atoms with Gasteiger partial charge in [0.05, 0.1) is 18.8 Å². The van der Waals surface area contributed by atoms with Crippen LogP contribution >= 0.6 is 0 Å². The first kappa shape index (κ1) is 23.1. The van der Waals surface area contributed by atoms with Gasteiger partial charge in [0, 0.05) is 24.7 Å². The molecule has 0 radical (unpaired) electrons. The summed E-state index contributed by atoms with van der Waals surface area (Å²) in [4.78, 5) is 27.0. The standard InChI is InChI=1S/C25H35N3O3/c1-17(2)15-20-5-7-21(8-6-20)19(4)26-23(29)16-28-12-9-22(10-13-28)27-25(30)24-18(3)11-14-31-24/h5-8,11,14,17,19,22H,9-10,12-13,15-16H2,1-4H3,(H,26,29)(H,27,30). The van der Waals surface area contributed by atoms with Crippen LogP contribution in [0.2, 0.25) is 0 Å². The van der Waals surface area contributed by atoms with Gasteiger partial charge in [0.1, 0.15) is 0 Å². The zero-order valence-electron chi connectivity index (χ0n) is 19.1. The molecular formula is C25H35N3O3. The van der Waals surface area contributed by atoms with E-state index in [1.54, 1.807) is 6.07 Å². The van der Waals surface area contributed by atoms with E-state index in [2.05, 4.69) is 53.6 Å². The Balaban J connectivity index is 1.40. The predicted octanol–water partition coefficient (Wildman–Crippen LogP) is 3.86. The van der Waals surface area contributed by atoms with Gasteiger partial charge in [-0.15, -0.1) is 0 Å². The first-order valence-corrected chi connectivity index (χ1v) is 11.3. The van der Waals surface area contributed by atoms with Gasteiger partial charge in [0.2, 0.25) is 5.91 Å². The summed E-state index contributed by atoms with van der Waals surface area (Å²) in [5.74, 6) is 0.891. The normalized spacial score (nSPS) is 16.3. The van der Waals surface area contributed by atoms with E-state index in [1.165, 1.54) is 11.8 Å². The van der Waals surface area contributed by atoms with Gasteiger partial charge in [0.25, 0.3) is 5.91 Å². The maximum atomic E-state index is 12.5. The van der Waals surface area contributed by atoms with Crippen LogP contribution in [0.15, 0.2) is 41.0 Å². The van der Waals surface area contributed by atoms with Crippen molar-refractivity contribution >= 4 is 11.8 Å². The molecule has 1 aromatic carbocycles. The monoisotopic (exact) mass is 425 g/mol. The van der Waals surface area contributed by atoms with E-state index in [0.717, 1.165) is 43.5 Å². The Morgan fingerprint density at radius 1 is 1.10 bits per heavy atom. The first-order valence-electron chi connectivity index (χ1n) is 11.3. The number of aryl methyl sites for hydroxylation is 1. The Labute approximate surface area is 185 Å². The third-order valence-electron chi connectivity index (χ3n) is 5.86. The number of nitrogens with zero attached hydrogens (tertiary/aromatic N) is 1. The SMILES string of the molecule is Cc1ccoc1C(=O)NC1CCN(CC(=O)NC(C)c2ccc(CC(C)C)cc2)CC1. The van der Waals surface area contributed by atoms with Crippen molar-refractivity contribution in [1.82, 2.24) is 15.5 Å². The Morgan fingerprint density at radius 2 is 1.77 bits per heavy atom. The van der Waals surface area contributed by atoms with E-state index in [4.69, 9.17) is 4.42 Å². The minimum atomic E-state index is -0.160. The highest BCUT2D eigenvalue weighted by Crippen LogP contribution is 2.17. The van der Waals surface area contributed by atoms with Crippen molar-refractivity contribution in [3.05, 3.63) is 59.0 Å². The molecule has 168 valence electrons. The minimum absolute atomic E-state index is 0.0195. The van der Waals surface area contributed by atoms with Crippen molar-refractivity contribution in [3.8, 4) is 0 Å². The lowest BCUT2D eigenvalue weighted by Crippen LogP contribution is -2.47. The fourth-order valence-electron chi connectivity index (χ4n) is 4.08. The van der Waals surface area contributed by atoms with E-state index in [-0.39, 0.29) is 23.9 Å². The number of hydrogen-bond acceptors (Lipinski definition) is 4. The number of benzene rings is 1. The van der Waals surface area contributed by atoms with Crippen molar-refractivity contribution in [3.63, 3.8) is 0 Å². The fourth-order valence-corrected chi connectivity index (χ4v) is 4.08. The topological polar surface area (TPSA) is 74.6 Å². The third kappa shape index (κ3) is 6.69.